The quantitative estimate of drug-likeness (QED) is 0.680. The molecule has 0 aromatic rings. The molecule has 0 radical (unpaired) electrons. The zero-order chi connectivity index (χ0) is 15.4. The van der Waals surface area contributed by atoms with Crippen LogP contribution >= 0.6 is 0 Å². The molecular weight excluding hydrogens is 272 g/mol. The number of hydrogen-bond donors (Lipinski definition) is 0. The van der Waals surface area contributed by atoms with Gasteiger partial charge >= 0.3 is 0 Å². The van der Waals surface area contributed by atoms with Gasteiger partial charge in [0.1, 0.15) is 0 Å². The maximum atomic E-state index is 2.68. The molecule has 0 aromatic carbocycles. The molecule has 22 heavy (non-hydrogen) atoms. The molecule has 4 nitrogen and oxygen atoms in total. The van der Waals surface area contributed by atoms with Crippen molar-refractivity contribution in [2.45, 2.75) is 63.7 Å². The molecule has 0 spiro atoms. The van der Waals surface area contributed by atoms with Gasteiger partial charge in [-0.1, -0.05) is 12.8 Å². The smallest absolute Gasteiger partial charge is 0.0620 e. The predicted molar refractivity (Wildman–Crippen MR) is 92.9 cm³/mol. The molecule has 4 heterocycles. The molecule has 0 amide bonds. The molecule has 4 fully saturated rings. The average Bonchev–Trinajstić information content (AvgIpc) is 2.87. The summed E-state index contributed by atoms with van der Waals surface area (Å²) in [5, 5.41) is 0. The van der Waals surface area contributed by atoms with Gasteiger partial charge in [0, 0.05) is 26.2 Å². The molecule has 4 rings (SSSR count). The summed E-state index contributed by atoms with van der Waals surface area (Å²) in [5.41, 5.74) is 0. The lowest BCUT2D eigenvalue weighted by atomic mass is 10.1. The van der Waals surface area contributed by atoms with Crippen LogP contribution in [0.3, 0.4) is 0 Å². The van der Waals surface area contributed by atoms with E-state index >= 15 is 0 Å². The summed E-state index contributed by atoms with van der Waals surface area (Å²) in [5.74, 6) is 0. The van der Waals surface area contributed by atoms with Gasteiger partial charge in [-0.15, -0.1) is 0 Å². The van der Waals surface area contributed by atoms with E-state index in [4.69, 9.17) is 0 Å². The van der Waals surface area contributed by atoms with E-state index in [2.05, 4.69) is 33.7 Å². The Labute approximate surface area is 137 Å². The lowest BCUT2D eigenvalue weighted by Crippen LogP contribution is -2.51. The van der Waals surface area contributed by atoms with Crippen LogP contribution in [0.5, 0.6) is 0 Å². The molecule has 4 saturated heterocycles. The topological polar surface area (TPSA) is 13.0 Å². The lowest BCUT2D eigenvalue weighted by Gasteiger charge is -2.41. The Kier molecular flexibility index (Phi) is 6.14. The minimum absolute atomic E-state index is 0.779. The van der Waals surface area contributed by atoms with Crippen molar-refractivity contribution in [2.24, 2.45) is 0 Å². The Hall–Kier alpha value is -0.160. The maximum Gasteiger partial charge on any atom is 0.0620 e. The maximum absolute atomic E-state index is 2.68. The highest BCUT2D eigenvalue weighted by molar-refractivity contribution is 4.82. The van der Waals surface area contributed by atoms with Crippen LogP contribution in [0.15, 0.2) is 0 Å². The standard InChI is InChI=1S/C10H20N2.C8H16N2/c1-11-7-5-9-12-8-4-2-3-6-10(11)12;1-9-5-3-7-10-6-2-4-8(9)10/h10H,2-9H2,1H3;8H,2-7H2,1H3. The van der Waals surface area contributed by atoms with Crippen LogP contribution in [-0.4, -0.2) is 85.3 Å². The first-order chi connectivity index (χ1) is 10.8. The summed E-state index contributed by atoms with van der Waals surface area (Å²) < 4.78 is 0. The Morgan fingerprint density at radius 1 is 0.500 bits per heavy atom. The number of rotatable bonds is 0. The zero-order valence-electron chi connectivity index (χ0n) is 14.8. The molecule has 0 N–H and O–H groups in total. The van der Waals surface area contributed by atoms with Gasteiger partial charge in [-0.25, -0.2) is 0 Å². The summed E-state index contributed by atoms with van der Waals surface area (Å²) in [6.07, 6.45) is 12.8. The van der Waals surface area contributed by atoms with Gasteiger partial charge in [-0.05, 0) is 65.7 Å². The summed E-state index contributed by atoms with van der Waals surface area (Å²) in [6.45, 7) is 7.98. The summed E-state index contributed by atoms with van der Waals surface area (Å²) in [4.78, 5) is 10.3. The van der Waals surface area contributed by atoms with Gasteiger partial charge in [-0.3, -0.25) is 19.6 Å². The largest absolute Gasteiger partial charge is 0.291 e. The van der Waals surface area contributed by atoms with Gasteiger partial charge in [0.25, 0.3) is 0 Å². The van der Waals surface area contributed by atoms with Gasteiger partial charge in [0.05, 0.1) is 12.3 Å². The molecule has 2 atom stereocenters. The van der Waals surface area contributed by atoms with Gasteiger partial charge in [0.2, 0.25) is 0 Å². The van der Waals surface area contributed by atoms with Crippen molar-refractivity contribution in [3.05, 3.63) is 0 Å². The average molecular weight is 309 g/mol. The highest BCUT2D eigenvalue weighted by atomic mass is 15.4. The fourth-order valence-electron chi connectivity index (χ4n) is 4.82. The van der Waals surface area contributed by atoms with Crippen LogP contribution in [0.4, 0.5) is 0 Å². The molecule has 0 aliphatic carbocycles. The van der Waals surface area contributed by atoms with E-state index in [0.717, 1.165) is 12.3 Å². The van der Waals surface area contributed by atoms with Crippen LogP contribution in [0.1, 0.15) is 51.4 Å². The first kappa shape index (κ1) is 16.7. The third-order valence-corrected chi connectivity index (χ3v) is 6.09. The van der Waals surface area contributed by atoms with E-state index in [1.54, 1.807) is 0 Å². The summed E-state index contributed by atoms with van der Waals surface area (Å²) >= 11 is 0. The number of fused-ring (bicyclic) bond motifs is 2. The van der Waals surface area contributed by atoms with E-state index in [1.807, 2.05) is 0 Å². The summed E-state index contributed by atoms with van der Waals surface area (Å²) in [6, 6.07) is 0. The Morgan fingerprint density at radius 3 is 1.64 bits per heavy atom. The van der Waals surface area contributed by atoms with E-state index in [1.165, 1.54) is 90.6 Å². The SMILES string of the molecule is CN1CCCN2CCCC12.CN1CCCN2CCCCCC12. The van der Waals surface area contributed by atoms with Crippen LogP contribution < -0.4 is 0 Å². The second-order valence-electron chi connectivity index (χ2n) is 7.69. The lowest BCUT2D eigenvalue weighted by molar-refractivity contribution is 0.0237. The fourth-order valence-corrected chi connectivity index (χ4v) is 4.82. The van der Waals surface area contributed by atoms with Gasteiger partial charge in [0.15, 0.2) is 0 Å². The van der Waals surface area contributed by atoms with Crippen LogP contribution in [-0.2, 0) is 0 Å². The van der Waals surface area contributed by atoms with Crippen molar-refractivity contribution in [2.75, 3.05) is 53.4 Å². The highest BCUT2D eigenvalue weighted by Crippen LogP contribution is 2.23. The Balaban J connectivity index is 0.000000133. The number of nitrogens with zero attached hydrogens (tertiary/aromatic N) is 4. The van der Waals surface area contributed by atoms with E-state index in [9.17, 15) is 0 Å². The molecule has 4 aliphatic heterocycles. The Morgan fingerprint density at radius 2 is 1.00 bits per heavy atom. The third kappa shape index (κ3) is 4.02. The minimum atomic E-state index is 0.779. The molecule has 0 saturated carbocycles. The minimum Gasteiger partial charge on any atom is -0.291 e. The van der Waals surface area contributed by atoms with E-state index < -0.39 is 0 Å². The van der Waals surface area contributed by atoms with E-state index in [0.29, 0.717) is 0 Å². The van der Waals surface area contributed by atoms with Crippen LogP contribution in [0.2, 0.25) is 0 Å². The molecular formula is C18H36N4. The zero-order valence-corrected chi connectivity index (χ0v) is 14.8. The second kappa shape index (κ2) is 8.09. The van der Waals surface area contributed by atoms with Crippen molar-refractivity contribution in [1.82, 2.24) is 19.6 Å². The monoisotopic (exact) mass is 308 g/mol. The van der Waals surface area contributed by atoms with Crippen molar-refractivity contribution >= 4 is 0 Å². The molecule has 2 unspecified atom stereocenters. The molecule has 0 bridgehead atoms. The van der Waals surface area contributed by atoms with Crippen LogP contribution in [0, 0.1) is 0 Å². The molecule has 4 aliphatic rings. The van der Waals surface area contributed by atoms with E-state index in [-0.39, 0.29) is 0 Å². The third-order valence-electron chi connectivity index (χ3n) is 6.09. The van der Waals surface area contributed by atoms with Crippen LogP contribution in [0.25, 0.3) is 0 Å². The molecule has 128 valence electrons. The highest BCUT2D eigenvalue weighted by Gasteiger charge is 2.30. The van der Waals surface area contributed by atoms with Crippen molar-refractivity contribution < 1.29 is 0 Å². The fraction of sp³-hybridized carbons (Fsp3) is 1.00. The van der Waals surface area contributed by atoms with Gasteiger partial charge in [-0.2, -0.15) is 0 Å². The molecule has 4 heteroatoms. The second-order valence-corrected chi connectivity index (χ2v) is 7.69. The predicted octanol–water partition coefficient (Wildman–Crippen LogP) is 2.27. The van der Waals surface area contributed by atoms with Crippen molar-refractivity contribution in [3.63, 3.8) is 0 Å². The first-order valence-electron chi connectivity index (χ1n) is 9.64. The van der Waals surface area contributed by atoms with Crippen molar-refractivity contribution in [1.29, 1.82) is 0 Å². The normalized spacial score (nSPS) is 35.2. The summed E-state index contributed by atoms with van der Waals surface area (Å²) in [7, 11) is 4.53. The Bertz CT molecular complexity index is 335. The first-order valence-corrected chi connectivity index (χ1v) is 9.64. The number of hydrogen-bond acceptors (Lipinski definition) is 4. The van der Waals surface area contributed by atoms with Gasteiger partial charge < -0.3 is 0 Å². The molecule has 0 aromatic heterocycles. The van der Waals surface area contributed by atoms with Crippen molar-refractivity contribution in [3.8, 4) is 0 Å².